The first-order valence-electron chi connectivity index (χ1n) is 7.43. The third kappa shape index (κ3) is 2.72. The Labute approximate surface area is 125 Å². The van der Waals surface area contributed by atoms with Gasteiger partial charge < -0.3 is 15.5 Å². The molecule has 0 bridgehead atoms. The number of hydrogen-bond acceptors (Lipinski definition) is 3. The summed E-state index contributed by atoms with van der Waals surface area (Å²) in [5.74, 6) is -0.268. The molecule has 2 aromatic carbocycles. The van der Waals surface area contributed by atoms with E-state index in [-0.39, 0.29) is 5.92 Å². The van der Waals surface area contributed by atoms with Gasteiger partial charge in [0.1, 0.15) is 0 Å². The van der Waals surface area contributed by atoms with Crippen molar-refractivity contribution >= 4 is 0 Å². The van der Waals surface area contributed by atoms with E-state index in [1.807, 2.05) is 60.7 Å². The summed E-state index contributed by atoms with van der Waals surface area (Å²) in [6.07, 6.45) is -0.0878. The van der Waals surface area contributed by atoms with Crippen LogP contribution in [-0.2, 0) is 5.60 Å². The van der Waals surface area contributed by atoms with Crippen LogP contribution >= 0.6 is 0 Å². The minimum atomic E-state index is -0.998. The minimum Gasteiger partial charge on any atom is -0.388 e. The average Bonchev–Trinajstić information content (AvgIpc) is 2.56. The Hall–Kier alpha value is -1.68. The number of benzene rings is 2. The van der Waals surface area contributed by atoms with Crippen molar-refractivity contribution in [2.24, 2.45) is 5.92 Å². The summed E-state index contributed by atoms with van der Waals surface area (Å²) < 4.78 is 0. The van der Waals surface area contributed by atoms with E-state index >= 15 is 0 Å². The van der Waals surface area contributed by atoms with E-state index in [0.29, 0.717) is 13.0 Å². The lowest BCUT2D eigenvalue weighted by molar-refractivity contribution is -0.0961. The summed E-state index contributed by atoms with van der Waals surface area (Å²) in [6, 6.07) is 19.3. The Balaban J connectivity index is 1.95. The van der Waals surface area contributed by atoms with Crippen LogP contribution in [0.4, 0.5) is 0 Å². The van der Waals surface area contributed by atoms with E-state index in [1.54, 1.807) is 0 Å². The lowest BCUT2D eigenvalue weighted by atomic mass is 9.72. The molecule has 21 heavy (non-hydrogen) atoms. The summed E-state index contributed by atoms with van der Waals surface area (Å²) in [7, 11) is 0. The maximum absolute atomic E-state index is 11.2. The largest absolute Gasteiger partial charge is 0.388 e. The smallest absolute Gasteiger partial charge is 0.0976 e. The molecule has 0 radical (unpaired) electrons. The minimum absolute atomic E-state index is 0.268. The van der Waals surface area contributed by atoms with Crippen molar-refractivity contribution in [2.45, 2.75) is 18.1 Å². The van der Waals surface area contributed by atoms with Gasteiger partial charge in [0.25, 0.3) is 0 Å². The number of aliphatic hydroxyl groups excluding tert-OH is 1. The van der Waals surface area contributed by atoms with Crippen LogP contribution in [0.25, 0.3) is 0 Å². The van der Waals surface area contributed by atoms with Crippen LogP contribution in [0, 0.1) is 5.92 Å². The topological polar surface area (TPSA) is 52.5 Å². The highest BCUT2D eigenvalue weighted by Gasteiger charge is 2.44. The third-order valence-corrected chi connectivity index (χ3v) is 4.46. The molecule has 1 saturated heterocycles. The van der Waals surface area contributed by atoms with Crippen molar-refractivity contribution in [2.75, 3.05) is 13.1 Å². The monoisotopic (exact) mass is 283 g/mol. The van der Waals surface area contributed by atoms with Crippen molar-refractivity contribution < 1.29 is 10.2 Å². The van der Waals surface area contributed by atoms with E-state index in [9.17, 15) is 10.2 Å². The van der Waals surface area contributed by atoms with E-state index in [4.69, 9.17) is 0 Å². The van der Waals surface area contributed by atoms with Gasteiger partial charge in [0.05, 0.1) is 11.7 Å². The van der Waals surface area contributed by atoms with E-state index in [0.717, 1.165) is 17.7 Å². The molecule has 0 aromatic heterocycles. The zero-order valence-corrected chi connectivity index (χ0v) is 11.9. The SMILES string of the molecule is OC(c1ccccc1)C1CNCCC1(O)c1ccccc1. The van der Waals surface area contributed by atoms with E-state index in [2.05, 4.69) is 5.32 Å². The van der Waals surface area contributed by atoms with Gasteiger partial charge in [0.2, 0.25) is 0 Å². The van der Waals surface area contributed by atoms with Crippen LogP contribution in [0.15, 0.2) is 60.7 Å². The van der Waals surface area contributed by atoms with Crippen molar-refractivity contribution in [3.05, 3.63) is 71.8 Å². The molecule has 2 aromatic rings. The van der Waals surface area contributed by atoms with E-state index in [1.165, 1.54) is 0 Å². The van der Waals surface area contributed by atoms with Crippen LogP contribution in [-0.4, -0.2) is 23.3 Å². The molecule has 1 aliphatic rings. The summed E-state index contributed by atoms with van der Waals surface area (Å²) in [5.41, 5.74) is 0.730. The van der Waals surface area contributed by atoms with Gasteiger partial charge in [-0.15, -0.1) is 0 Å². The highest BCUT2D eigenvalue weighted by molar-refractivity contribution is 5.27. The molecule has 3 unspecified atom stereocenters. The molecule has 3 heteroatoms. The Bertz CT molecular complexity index is 572. The maximum Gasteiger partial charge on any atom is 0.0976 e. The Morgan fingerprint density at radius 1 is 1.00 bits per heavy atom. The quantitative estimate of drug-likeness (QED) is 0.809. The van der Waals surface area contributed by atoms with Gasteiger partial charge in [0, 0.05) is 12.5 Å². The molecule has 0 spiro atoms. The van der Waals surface area contributed by atoms with Gasteiger partial charge >= 0.3 is 0 Å². The summed E-state index contributed by atoms with van der Waals surface area (Å²) in [5, 5.41) is 25.3. The Morgan fingerprint density at radius 3 is 2.29 bits per heavy atom. The van der Waals surface area contributed by atoms with Crippen molar-refractivity contribution in [1.29, 1.82) is 0 Å². The second-order valence-electron chi connectivity index (χ2n) is 5.71. The summed E-state index contributed by atoms with van der Waals surface area (Å²) >= 11 is 0. The second kappa shape index (κ2) is 5.98. The molecule has 0 saturated carbocycles. The van der Waals surface area contributed by atoms with Gasteiger partial charge in [-0.2, -0.15) is 0 Å². The summed E-state index contributed by atoms with van der Waals surface area (Å²) in [6.45, 7) is 1.35. The maximum atomic E-state index is 11.2. The molecule has 3 rings (SSSR count). The molecular weight excluding hydrogens is 262 g/mol. The standard InChI is InChI=1S/C18H21NO2/c20-17(14-7-3-1-4-8-14)16-13-19-12-11-18(16,21)15-9-5-2-6-10-15/h1-10,16-17,19-21H,11-13H2. The molecule has 1 heterocycles. The first-order chi connectivity index (χ1) is 10.2. The van der Waals surface area contributed by atoms with Crippen molar-refractivity contribution in [3.63, 3.8) is 0 Å². The Kier molecular flexibility index (Phi) is 4.06. The average molecular weight is 283 g/mol. The second-order valence-corrected chi connectivity index (χ2v) is 5.71. The number of rotatable bonds is 3. The first kappa shape index (κ1) is 14.3. The molecule has 3 atom stereocenters. The normalized spacial score (nSPS) is 27.2. The lowest BCUT2D eigenvalue weighted by Crippen LogP contribution is -2.50. The number of nitrogens with one attached hydrogen (secondary N) is 1. The van der Waals surface area contributed by atoms with E-state index < -0.39 is 11.7 Å². The van der Waals surface area contributed by atoms with Crippen molar-refractivity contribution in [3.8, 4) is 0 Å². The molecule has 1 aliphatic heterocycles. The van der Waals surface area contributed by atoms with Crippen LogP contribution in [0.3, 0.4) is 0 Å². The fourth-order valence-electron chi connectivity index (χ4n) is 3.23. The number of aliphatic hydroxyl groups is 2. The highest BCUT2D eigenvalue weighted by Crippen LogP contribution is 2.41. The fourth-order valence-corrected chi connectivity index (χ4v) is 3.23. The zero-order chi connectivity index (χ0) is 14.7. The third-order valence-electron chi connectivity index (χ3n) is 4.46. The molecule has 3 nitrogen and oxygen atoms in total. The fraction of sp³-hybridized carbons (Fsp3) is 0.333. The number of hydrogen-bond donors (Lipinski definition) is 3. The number of piperidine rings is 1. The van der Waals surface area contributed by atoms with Crippen LogP contribution in [0.1, 0.15) is 23.7 Å². The van der Waals surface area contributed by atoms with Crippen LogP contribution in [0.2, 0.25) is 0 Å². The van der Waals surface area contributed by atoms with Gasteiger partial charge in [-0.1, -0.05) is 60.7 Å². The van der Waals surface area contributed by atoms with Gasteiger partial charge in [-0.05, 0) is 24.1 Å². The lowest BCUT2D eigenvalue weighted by Gasteiger charge is -2.43. The predicted molar refractivity (Wildman–Crippen MR) is 82.7 cm³/mol. The Morgan fingerprint density at radius 2 is 1.62 bits per heavy atom. The van der Waals surface area contributed by atoms with Gasteiger partial charge in [-0.25, -0.2) is 0 Å². The highest BCUT2D eigenvalue weighted by atomic mass is 16.3. The van der Waals surface area contributed by atoms with Gasteiger partial charge in [-0.3, -0.25) is 0 Å². The zero-order valence-electron chi connectivity index (χ0n) is 11.9. The predicted octanol–water partition coefficient (Wildman–Crippen LogP) is 2.22. The summed E-state index contributed by atoms with van der Waals surface area (Å²) in [4.78, 5) is 0. The molecule has 0 amide bonds. The van der Waals surface area contributed by atoms with Crippen molar-refractivity contribution in [1.82, 2.24) is 5.32 Å². The van der Waals surface area contributed by atoms with Gasteiger partial charge in [0.15, 0.2) is 0 Å². The molecule has 1 fully saturated rings. The molecular formula is C18H21NO2. The first-order valence-corrected chi connectivity index (χ1v) is 7.43. The van der Waals surface area contributed by atoms with Crippen LogP contribution < -0.4 is 5.32 Å². The van der Waals surface area contributed by atoms with Crippen LogP contribution in [0.5, 0.6) is 0 Å². The molecule has 3 N–H and O–H groups in total. The molecule has 0 aliphatic carbocycles. The molecule has 110 valence electrons.